The number of unbranched alkanes of at least 4 members (excludes halogenated alkanes) is 1. The maximum atomic E-state index is 13.8. The predicted molar refractivity (Wildman–Crippen MR) is 101 cm³/mol. The van der Waals surface area contributed by atoms with E-state index in [1.807, 2.05) is 36.4 Å². The van der Waals surface area contributed by atoms with Crippen LogP contribution < -0.4 is 15.4 Å². The second kappa shape index (κ2) is 8.72. The van der Waals surface area contributed by atoms with Gasteiger partial charge in [-0.2, -0.15) is 0 Å². The Morgan fingerprint density at radius 3 is 2.52 bits per heavy atom. The van der Waals surface area contributed by atoms with Crippen molar-refractivity contribution in [2.45, 2.75) is 12.8 Å². The minimum absolute atomic E-state index is 0.130. The molecule has 1 aliphatic rings. The van der Waals surface area contributed by atoms with Gasteiger partial charge in [0, 0.05) is 37.9 Å². The van der Waals surface area contributed by atoms with Crippen LogP contribution in [0, 0.1) is 5.82 Å². The van der Waals surface area contributed by atoms with Gasteiger partial charge in [-0.25, -0.2) is 4.39 Å². The molecule has 1 fully saturated rings. The molecule has 0 aromatic heterocycles. The Morgan fingerprint density at radius 2 is 1.76 bits per heavy atom. The van der Waals surface area contributed by atoms with E-state index in [4.69, 9.17) is 10.5 Å². The summed E-state index contributed by atoms with van der Waals surface area (Å²) in [6.07, 6.45) is 2.12. The number of ether oxygens (including phenoxy) is 1. The first kappa shape index (κ1) is 17.5. The molecule has 3 rings (SSSR count). The third kappa shape index (κ3) is 5.10. The standard InChI is InChI=1S/C20H26FN3O/c21-19-8-1-2-9-20(19)24-13-11-23(12-14-24)10-3-4-15-25-18-7-5-6-17(22)16-18/h1-2,5-9,16H,3-4,10-15,22H2. The molecule has 0 amide bonds. The molecule has 2 N–H and O–H groups in total. The van der Waals surface area contributed by atoms with Crippen molar-refractivity contribution in [1.29, 1.82) is 0 Å². The molecule has 1 heterocycles. The highest BCUT2D eigenvalue weighted by atomic mass is 19.1. The largest absolute Gasteiger partial charge is 0.494 e. The number of piperazine rings is 1. The fourth-order valence-electron chi connectivity index (χ4n) is 3.15. The highest BCUT2D eigenvalue weighted by Crippen LogP contribution is 2.20. The molecule has 134 valence electrons. The molecule has 4 nitrogen and oxygen atoms in total. The molecule has 0 bridgehead atoms. The van der Waals surface area contributed by atoms with Crippen molar-refractivity contribution >= 4 is 11.4 Å². The summed E-state index contributed by atoms with van der Waals surface area (Å²) in [5.41, 5.74) is 7.18. The van der Waals surface area contributed by atoms with E-state index >= 15 is 0 Å². The van der Waals surface area contributed by atoms with E-state index in [1.165, 1.54) is 6.07 Å². The van der Waals surface area contributed by atoms with Gasteiger partial charge < -0.3 is 15.4 Å². The molecule has 25 heavy (non-hydrogen) atoms. The number of benzene rings is 2. The van der Waals surface area contributed by atoms with Gasteiger partial charge >= 0.3 is 0 Å². The van der Waals surface area contributed by atoms with Crippen LogP contribution in [0.25, 0.3) is 0 Å². The molecule has 2 aromatic carbocycles. The van der Waals surface area contributed by atoms with Gasteiger partial charge in [-0.3, -0.25) is 4.90 Å². The van der Waals surface area contributed by atoms with Crippen molar-refractivity contribution in [3.8, 4) is 5.75 Å². The summed E-state index contributed by atoms with van der Waals surface area (Å²) in [5.74, 6) is 0.702. The molecule has 0 radical (unpaired) electrons. The van der Waals surface area contributed by atoms with Gasteiger partial charge in [0.1, 0.15) is 11.6 Å². The van der Waals surface area contributed by atoms with E-state index < -0.39 is 0 Å². The van der Waals surface area contributed by atoms with Crippen LogP contribution >= 0.6 is 0 Å². The van der Waals surface area contributed by atoms with Gasteiger partial charge in [0.2, 0.25) is 0 Å². The minimum atomic E-state index is -0.130. The van der Waals surface area contributed by atoms with Gasteiger partial charge in [-0.05, 0) is 43.7 Å². The summed E-state index contributed by atoms with van der Waals surface area (Å²) < 4.78 is 19.6. The zero-order valence-corrected chi connectivity index (χ0v) is 14.5. The minimum Gasteiger partial charge on any atom is -0.494 e. The number of para-hydroxylation sites is 1. The third-order valence-corrected chi connectivity index (χ3v) is 4.56. The highest BCUT2D eigenvalue weighted by Gasteiger charge is 2.18. The Balaban J connectivity index is 1.32. The van der Waals surface area contributed by atoms with Crippen molar-refractivity contribution < 1.29 is 9.13 Å². The maximum absolute atomic E-state index is 13.8. The van der Waals surface area contributed by atoms with Crippen molar-refractivity contribution in [1.82, 2.24) is 4.90 Å². The zero-order valence-electron chi connectivity index (χ0n) is 14.5. The smallest absolute Gasteiger partial charge is 0.146 e. The van der Waals surface area contributed by atoms with Gasteiger partial charge in [0.25, 0.3) is 0 Å². The summed E-state index contributed by atoms with van der Waals surface area (Å²) in [4.78, 5) is 4.58. The molecule has 5 heteroatoms. The SMILES string of the molecule is Nc1cccc(OCCCCN2CCN(c3ccccc3F)CC2)c1. The summed E-state index contributed by atoms with van der Waals surface area (Å²) in [7, 11) is 0. The normalized spacial score (nSPS) is 15.3. The van der Waals surface area contributed by atoms with Gasteiger partial charge in [0.05, 0.1) is 12.3 Å². The molecule has 0 saturated carbocycles. The van der Waals surface area contributed by atoms with Crippen LogP contribution in [0.2, 0.25) is 0 Å². The molecule has 0 unspecified atom stereocenters. The lowest BCUT2D eigenvalue weighted by molar-refractivity contribution is 0.238. The van der Waals surface area contributed by atoms with Crippen LogP contribution in [0.5, 0.6) is 5.75 Å². The van der Waals surface area contributed by atoms with E-state index in [0.29, 0.717) is 6.61 Å². The average Bonchev–Trinajstić information content (AvgIpc) is 2.63. The second-order valence-corrected chi connectivity index (χ2v) is 6.41. The number of anilines is 2. The number of nitrogens with zero attached hydrogens (tertiary/aromatic N) is 2. The van der Waals surface area contributed by atoms with Gasteiger partial charge in [-0.15, -0.1) is 0 Å². The number of halogens is 1. The summed E-state index contributed by atoms with van der Waals surface area (Å²) in [6.45, 7) is 5.47. The van der Waals surface area contributed by atoms with Crippen LogP contribution in [0.4, 0.5) is 15.8 Å². The third-order valence-electron chi connectivity index (χ3n) is 4.56. The zero-order chi connectivity index (χ0) is 17.5. The second-order valence-electron chi connectivity index (χ2n) is 6.41. The molecule has 1 aliphatic heterocycles. The fourth-order valence-corrected chi connectivity index (χ4v) is 3.15. The first-order chi connectivity index (χ1) is 12.2. The highest BCUT2D eigenvalue weighted by molar-refractivity contribution is 5.48. The number of hydrogen-bond acceptors (Lipinski definition) is 4. The Hall–Kier alpha value is -2.27. The number of nitrogens with two attached hydrogens (primary N) is 1. The van der Waals surface area contributed by atoms with E-state index in [2.05, 4.69) is 9.80 Å². The first-order valence-corrected chi connectivity index (χ1v) is 8.92. The summed E-state index contributed by atoms with van der Waals surface area (Å²) in [5, 5.41) is 0. The number of rotatable bonds is 7. The fraction of sp³-hybridized carbons (Fsp3) is 0.400. The molecule has 2 aromatic rings. The maximum Gasteiger partial charge on any atom is 0.146 e. The Labute approximate surface area is 149 Å². The average molecular weight is 343 g/mol. The van der Waals surface area contributed by atoms with Crippen LogP contribution in [-0.2, 0) is 0 Å². The van der Waals surface area contributed by atoms with Crippen LogP contribution in [0.1, 0.15) is 12.8 Å². The molecular weight excluding hydrogens is 317 g/mol. The lowest BCUT2D eigenvalue weighted by Crippen LogP contribution is -2.46. The molecule has 0 aliphatic carbocycles. The summed E-state index contributed by atoms with van der Waals surface area (Å²) >= 11 is 0. The Morgan fingerprint density at radius 1 is 0.960 bits per heavy atom. The van der Waals surface area contributed by atoms with Gasteiger partial charge in [-0.1, -0.05) is 18.2 Å². The Bertz CT molecular complexity index is 671. The molecule has 1 saturated heterocycles. The van der Waals surface area contributed by atoms with Crippen molar-refractivity contribution in [2.24, 2.45) is 0 Å². The van der Waals surface area contributed by atoms with Crippen molar-refractivity contribution in [3.05, 3.63) is 54.3 Å². The first-order valence-electron chi connectivity index (χ1n) is 8.92. The lowest BCUT2D eigenvalue weighted by Gasteiger charge is -2.36. The number of hydrogen-bond donors (Lipinski definition) is 1. The Kier molecular flexibility index (Phi) is 6.12. The van der Waals surface area contributed by atoms with Crippen LogP contribution in [-0.4, -0.2) is 44.2 Å². The van der Waals surface area contributed by atoms with E-state index in [-0.39, 0.29) is 5.82 Å². The van der Waals surface area contributed by atoms with E-state index in [9.17, 15) is 4.39 Å². The lowest BCUT2D eigenvalue weighted by atomic mass is 10.2. The molecule has 0 atom stereocenters. The predicted octanol–water partition coefficient (Wildman–Crippen LogP) is 3.39. The summed E-state index contributed by atoms with van der Waals surface area (Å²) in [6, 6.07) is 14.6. The van der Waals surface area contributed by atoms with Crippen LogP contribution in [0.15, 0.2) is 48.5 Å². The van der Waals surface area contributed by atoms with Gasteiger partial charge in [0.15, 0.2) is 0 Å². The molecular formula is C20H26FN3O. The van der Waals surface area contributed by atoms with E-state index in [1.54, 1.807) is 6.07 Å². The number of nitrogen functional groups attached to an aromatic ring is 1. The van der Waals surface area contributed by atoms with Crippen molar-refractivity contribution in [3.63, 3.8) is 0 Å². The topological polar surface area (TPSA) is 41.7 Å². The van der Waals surface area contributed by atoms with E-state index in [0.717, 1.165) is 62.7 Å². The van der Waals surface area contributed by atoms with Crippen molar-refractivity contribution in [2.75, 3.05) is 50.0 Å². The quantitative estimate of drug-likeness (QED) is 0.618. The van der Waals surface area contributed by atoms with Crippen LogP contribution in [0.3, 0.4) is 0 Å². The monoisotopic (exact) mass is 343 g/mol. The molecule has 0 spiro atoms.